The minimum Gasteiger partial charge on any atom is -0.363 e. The maximum absolute atomic E-state index is 12.6. The summed E-state index contributed by atoms with van der Waals surface area (Å²) in [5.74, 6) is -1.85. The van der Waals surface area contributed by atoms with E-state index in [1.54, 1.807) is 24.3 Å². The Morgan fingerprint density at radius 1 is 1.09 bits per heavy atom. The second-order valence-electron chi connectivity index (χ2n) is 6.92. The van der Waals surface area contributed by atoms with Gasteiger partial charge in [0.15, 0.2) is 5.60 Å². The average Bonchev–Trinajstić information content (AvgIpc) is 2.81. The van der Waals surface area contributed by atoms with E-state index in [-0.39, 0.29) is 16.5 Å². The molecule has 6 nitrogen and oxygen atoms in total. The van der Waals surface area contributed by atoms with Crippen molar-refractivity contribution in [1.29, 1.82) is 0 Å². The van der Waals surface area contributed by atoms with Gasteiger partial charge in [-0.3, -0.25) is 9.59 Å². The number of nitrogens with zero attached hydrogens (tertiary/aromatic N) is 1. The number of carbonyl (C=O) groups is 3. The summed E-state index contributed by atoms with van der Waals surface area (Å²) < 4.78 is 5.76. The van der Waals surface area contributed by atoms with Crippen LogP contribution in [0.15, 0.2) is 24.3 Å². The van der Waals surface area contributed by atoms with Crippen LogP contribution in [0.4, 0.5) is 0 Å². The average molecular weight is 315 g/mol. The Morgan fingerprint density at radius 2 is 1.65 bits per heavy atom. The third-order valence-corrected chi connectivity index (χ3v) is 5.26. The van der Waals surface area contributed by atoms with Gasteiger partial charge in [-0.25, -0.2) is 4.79 Å². The highest BCUT2D eigenvalue weighted by Gasteiger charge is 2.54. The number of amides is 2. The summed E-state index contributed by atoms with van der Waals surface area (Å²) in [6.45, 7) is 2.65. The van der Waals surface area contributed by atoms with E-state index < -0.39 is 23.4 Å². The Labute approximate surface area is 133 Å². The first-order chi connectivity index (χ1) is 10.9. The number of ether oxygens (including phenoxy) is 1. The van der Waals surface area contributed by atoms with E-state index in [2.05, 4.69) is 6.92 Å². The van der Waals surface area contributed by atoms with Gasteiger partial charge in [0, 0.05) is 0 Å². The first-order valence-corrected chi connectivity index (χ1v) is 7.78. The molecule has 3 aliphatic heterocycles. The van der Waals surface area contributed by atoms with Gasteiger partial charge in [0.2, 0.25) is 0 Å². The summed E-state index contributed by atoms with van der Waals surface area (Å²) in [6, 6.07) is 6.43. The minimum absolute atomic E-state index is 0.123. The molecule has 2 bridgehead atoms. The zero-order valence-corrected chi connectivity index (χ0v) is 12.8. The summed E-state index contributed by atoms with van der Waals surface area (Å²) in [6.07, 6.45) is 2.88. The van der Waals surface area contributed by atoms with E-state index in [9.17, 15) is 14.4 Å². The summed E-state index contributed by atoms with van der Waals surface area (Å²) in [5, 5.41) is 0.563. The van der Waals surface area contributed by atoms with Crippen molar-refractivity contribution in [3.63, 3.8) is 0 Å². The lowest BCUT2D eigenvalue weighted by atomic mass is 9.67. The van der Waals surface area contributed by atoms with Crippen LogP contribution in [-0.2, 0) is 14.4 Å². The lowest BCUT2D eigenvalue weighted by molar-refractivity contribution is -0.226. The van der Waals surface area contributed by atoms with Gasteiger partial charge in [0.25, 0.3) is 11.8 Å². The van der Waals surface area contributed by atoms with Crippen LogP contribution in [0.1, 0.15) is 53.3 Å². The van der Waals surface area contributed by atoms with E-state index in [1.165, 1.54) is 0 Å². The molecule has 4 aliphatic rings. The van der Waals surface area contributed by atoms with Gasteiger partial charge in [-0.15, -0.1) is 0 Å². The van der Waals surface area contributed by atoms with Crippen LogP contribution in [-0.4, -0.2) is 35.1 Å². The molecular formula is C17H17NO5. The molecular weight excluding hydrogens is 298 g/mol. The van der Waals surface area contributed by atoms with Crippen molar-refractivity contribution >= 4 is 17.8 Å². The number of hydrogen-bond acceptors (Lipinski definition) is 5. The van der Waals surface area contributed by atoms with E-state index in [0.29, 0.717) is 24.5 Å². The smallest absolute Gasteiger partial charge is 0.363 e. The van der Waals surface area contributed by atoms with Gasteiger partial charge >= 0.3 is 5.97 Å². The molecule has 120 valence electrons. The van der Waals surface area contributed by atoms with Crippen LogP contribution < -0.4 is 0 Å². The SMILES string of the molecule is CC12CCC(C(=O)ON3C(=O)c4ccccc4C3=O)(CC1)OC2. The van der Waals surface area contributed by atoms with Crippen LogP contribution in [0.3, 0.4) is 0 Å². The summed E-state index contributed by atoms with van der Waals surface area (Å²) in [4.78, 5) is 42.3. The van der Waals surface area contributed by atoms with Crippen LogP contribution in [0.2, 0.25) is 0 Å². The Hall–Kier alpha value is -2.21. The van der Waals surface area contributed by atoms with Crippen LogP contribution >= 0.6 is 0 Å². The van der Waals surface area contributed by atoms with Crippen molar-refractivity contribution in [3.05, 3.63) is 35.4 Å². The Morgan fingerprint density at radius 3 is 2.13 bits per heavy atom. The predicted octanol–water partition coefficient (Wildman–Crippen LogP) is 2.09. The molecule has 0 aromatic heterocycles. The van der Waals surface area contributed by atoms with Gasteiger partial charge in [-0.2, -0.15) is 0 Å². The van der Waals surface area contributed by atoms with E-state index in [4.69, 9.17) is 9.57 Å². The first-order valence-electron chi connectivity index (χ1n) is 7.78. The zero-order valence-electron chi connectivity index (χ0n) is 12.8. The fraction of sp³-hybridized carbons (Fsp3) is 0.471. The molecule has 3 fully saturated rings. The molecule has 0 N–H and O–H groups in total. The Kier molecular flexibility index (Phi) is 2.90. The summed E-state index contributed by atoms with van der Waals surface area (Å²) in [5.41, 5.74) is -0.392. The van der Waals surface area contributed by atoms with Crippen molar-refractivity contribution in [2.24, 2.45) is 5.41 Å². The first kappa shape index (κ1) is 14.4. The number of hydroxylamine groups is 2. The second-order valence-corrected chi connectivity index (χ2v) is 6.92. The number of carbonyl (C=O) groups excluding carboxylic acids is 3. The molecule has 1 aromatic rings. The molecule has 0 radical (unpaired) electrons. The quantitative estimate of drug-likeness (QED) is 0.781. The number of rotatable bonds is 2. The fourth-order valence-corrected chi connectivity index (χ4v) is 3.54. The lowest BCUT2D eigenvalue weighted by Gasteiger charge is -2.49. The molecule has 3 heterocycles. The molecule has 6 heteroatoms. The lowest BCUT2D eigenvalue weighted by Crippen LogP contribution is -2.56. The molecule has 23 heavy (non-hydrogen) atoms. The van der Waals surface area contributed by atoms with E-state index in [0.717, 1.165) is 12.8 Å². The number of hydrogen-bond donors (Lipinski definition) is 0. The van der Waals surface area contributed by atoms with Crippen LogP contribution in [0, 0.1) is 5.41 Å². The van der Waals surface area contributed by atoms with Gasteiger partial charge < -0.3 is 9.57 Å². The van der Waals surface area contributed by atoms with Gasteiger partial charge in [0.1, 0.15) is 0 Å². The number of fused-ring (bicyclic) bond motifs is 4. The molecule has 5 rings (SSSR count). The molecule has 1 aromatic carbocycles. The normalized spacial score (nSPS) is 32.1. The standard InChI is InChI=1S/C17H17NO5/c1-16-6-8-17(9-7-16,22-10-16)15(21)23-18-13(19)11-4-2-3-5-12(11)14(18)20/h2-5H,6-10H2,1H3. The van der Waals surface area contributed by atoms with Crippen LogP contribution in [0.25, 0.3) is 0 Å². The highest BCUT2D eigenvalue weighted by Crippen LogP contribution is 2.49. The largest absolute Gasteiger partial charge is 0.364 e. The molecule has 0 spiro atoms. The monoisotopic (exact) mass is 315 g/mol. The van der Waals surface area contributed by atoms with Crippen molar-refractivity contribution in [3.8, 4) is 0 Å². The fourth-order valence-electron chi connectivity index (χ4n) is 3.54. The van der Waals surface area contributed by atoms with Crippen molar-refractivity contribution in [2.45, 2.75) is 38.2 Å². The number of imide groups is 1. The van der Waals surface area contributed by atoms with E-state index >= 15 is 0 Å². The highest BCUT2D eigenvalue weighted by atomic mass is 16.7. The maximum Gasteiger partial charge on any atom is 0.364 e. The number of benzene rings is 1. The van der Waals surface area contributed by atoms with Crippen molar-refractivity contribution in [1.82, 2.24) is 5.06 Å². The molecule has 0 atom stereocenters. The third kappa shape index (κ3) is 2.01. The Balaban J connectivity index is 1.54. The van der Waals surface area contributed by atoms with Crippen molar-refractivity contribution < 1.29 is 24.0 Å². The molecule has 2 amide bonds. The molecule has 1 saturated carbocycles. The molecule has 1 aliphatic carbocycles. The van der Waals surface area contributed by atoms with E-state index in [1.807, 2.05) is 0 Å². The molecule has 0 unspecified atom stereocenters. The van der Waals surface area contributed by atoms with Gasteiger partial charge in [0.05, 0.1) is 17.7 Å². The zero-order chi connectivity index (χ0) is 16.2. The minimum atomic E-state index is -1.02. The Bertz CT molecular complexity index is 666. The summed E-state index contributed by atoms with van der Waals surface area (Å²) in [7, 11) is 0. The predicted molar refractivity (Wildman–Crippen MR) is 78.3 cm³/mol. The highest BCUT2D eigenvalue weighted by molar-refractivity contribution is 6.21. The summed E-state index contributed by atoms with van der Waals surface area (Å²) >= 11 is 0. The van der Waals surface area contributed by atoms with Gasteiger partial charge in [-0.1, -0.05) is 24.1 Å². The molecule has 2 saturated heterocycles. The third-order valence-electron chi connectivity index (χ3n) is 5.26. The second kappa shape index (κ2) is 4.64. The van der Waals surface area contributed by atoms with Crippen LogP contribution in [0.5, 0.6) is 0 Å². The topological polar surface area (TPSA) is 72.9 Å². The van der Waals surface area contributed by atoms with Gasteiger partial charge in [-0.05, 0) is 43.2 Å². The van der Waals surface area contributed by atoms with Crippen molar-refractivity contribution in [2.75, 3.05) is 6.61 Å². The maximum atomic E-state index is 12.6.